The number of guanidine groups is 1. The fourth-order valence-electron chi connectivity index (χ4n) is 2.88. The third kappa shape index (κ3) is 4.70. The lowest BCUT2D eigenvalue weighted by Crippen LogP contribution is -2.52. The maximum atomic E-state index is 10.3. The van der Waals surface area contributed by atoms with Gasteiger partial charge in [0.05, 0.1) is 17.6 Å². The molecule has 2 aromatic heterocycles. The zero-order valence-corrected chi connectivity index (χ0v) is 15.3. The molecule has 1 fully saturated rings. The van der Waals surface area contributed by atoms with Crippen LogP contribution in [0.25, 0.3) is 0 Å². The highest BCUT2D eigenvalue weighted by molar-refractivity contribution is 7.14. The van der Waals surface area contributed by atoms with Gasteiger partial charge in [-0.1, -0.05) is 0 Å². The molecule has 7 heteroatoms. The van der Waals surface area contributed by atoms with Crippen LogP contribution >= 0.6 is 11.3 Å². The molecule has 25 heavy (non-hydrogen) atoms. The van der Waals surface area contributed by atoms with E-state index in [9.17, 15) is 5.11 Å². The van der Waals surface area contributed by atoms with E-state index in [2.05, 4.69) is 49.5 Å². The average molecular weight is 359 g/mol. The second-order valence-electron chi connectivity index (χ2n) is 5.92. The van der Waals surface area contributed by atoms with Crippen molar-refractivity contribution in [1.82, 2.24) is 15.2 Å². The van der Waals surface area contributed by atoms with Gasteiger partial charge in [-0.15, -0.1) is 11.3 Å². The number of piperazine rings is 1. The van der Waals surface area contributed by atoms with Crippen LogP contribution in [0.15, 0.2) is 47.0 Å². The van der Waals surface area contributed by atoms with E-state index in [1.807, 2.05) is 12.1 Å². The molecular weight excluding hydrogens is 334 g/mol. The van der Waals surface area contributed by atoms with Crippen molar-refractivity contribution >= 4 is 22.3 Å². The standard InChI is InChI=1S/C18H25N5OS/c1-2-20-18(21-14-16(24)15-5-7-19-8-6-15)23-11-9-22(10-12-23)17-4-3-13-25-17/h3-8,13,16,24H,2,9-12,14H2,1H3,(H,20,21). The molecule has 1 unspecified atom stereocenters. The first-order valence-corrected chi connectivity index (χ1v) is 9.55. The van der Waals surface area contributed by atoms with E-state index in [-0.39, 0.29) is 0 Å². The molecule has 1 aliphatic rings. The van der Waals surface area contributed by atoms with Gasteiger partial charge in [-0.25, -0.2) is 0 Å². The molecule has 0 amide bonds. The summed E-state index contributed by atoms with van der Waals surface area (Å²) in [7, 11) is 0. The summed E-state index contributed by atoms with van der Waals surface area (Å²) < 4.78 is 0. The van der Waals surface area contributed by atoms with Crippen molar-refractivity contribution in [2.75, 3.05) is 44.2 Å². The third-order valence-corrected chi connectivity index (χ3v) is 5.17. The minimum atomic E-state index is -0.607. The molecule has 0 spiro atoms. The van der Waals surface area contributed by atoms with Crippen molar-refractivity contribution in [2.45, 2.75) is 13.0 Å². The molecule has 3 heterocycles. The summed E-state index contributed by atoms with van der Waals surface area (Å²) in [6.45, 7) is 7.05. The Labute approximate surface area is 152 Å². The van der Waals surface area contributed by atoms with Crippen molar-refractivity contribution in [3.8, 4) is 0 Å². The largest absolute Gasteiger partial charge is 0.386 e. The van der Waals surface area contributed by atoms with E-state index in [4.69, 9.17) is 0 Å². The Bertz CT molecular complexity index is 653. The van der Waals surface area contributed by atoms with Gasteiger partial charge in [-0.3, -0.25) is 9.98 Å². The van der Waals surface area contributed by atoms with Crippen molar-refractivity contribution < 1.29 is 5.11 Å². The number of aliphatic imine (C=N–C) groups is 1. The van der Waals surface area contributed by atoms with Gasteiger partial charge in [-0.2, -0.15) is 0 Å². The highest BCUT2D eigenvalue weighted by Gasteiger charge is 2.20. The smallest absolute Gasteiger partial charge is 0.194 e. The second kappa shape index (κ2) is 8.82. The second-order valence-corrected chi connectivity index (χ2v) is 6.84. The predicted octanol–water partition coefficient (Wildman–Crippen LogP) is 1.96. The molecule has 0 aliphatic carbocycles. The Morgan fingerprint density at radius 1 is 1.28 bits per heavy atom. The number of aromatic nitrogens is 1. The van der Waals surface area contributed by atoms with Crippen LogP contribution in [0, 0.1) is 0 Å². The molecule has 0 bridgehead atoms. The van der Waals surface area contributed by atoms with E-state index in [1.54, 1.807) is 23.7 Å². The predicted molar refractivity (Wildman–Crippen MR) is 103 cm³/mol. The van der Waals surface area contributed by atoms with Gasteiger partial charge in [0.25, 0.3) is 0 Å². The summed E-state index contributed by atoms with van der Waals surface area (Å²) in [6.07, 6.45) is 2.78. The number of nitrogens with zero attached hydrogens (tertiary/aromatic N) is 4. The Hall–Kier alpha value is -2.12. The lowest BCUT2D eigenvalue weighted by Gasteiger charge is -2.37. The molecule has 6 nitrogen and oxygen atoms in total. The first kappa shape index (κ1) is 17.7. The van der Waals surface area contributed by atoms with Crippen molar-refractivity contribution in [3.05, 3.63) is 47.6 Å². The molecule has 0 saturated carbocycles. The minimum absolute atomic E-state index is 0.345. The van der Waals surface area contributed by atoms with Crippen LogP contribution in [0.3, 0.4) is 0 Å². The molecule has 1 saturated heterocycles. The summed E-state index contributed by atoms with van der Waals surface area (Å²) in [5, 5.41) is 17.1. The Morgan fingerprint density at radius 2 is 2.04 bits per heavy atom. The molecule has 1 atom stereocenters. The van der Waals surface area contributed by atoms with Gasteiger partial charge in [-0.05, 0) is 42.1 Å². The van der Waals surface area contributed by atoms with Gasteiger partial charge in [0.1, 0.15) is 0 Å². The topological polar surface area (TPSA) is 64.0 Å². The third-order valence-electron chi connectivity index (χ3n) is 4.24. The number of nitrogens with one attached hydrogen (secondary N) is 1. The lowest BCUT2D eigenvalue weighted by atomic mass is 10.1. The molecular formula is C18H25N5OS. The Kier molecular flexibility index (Phi) is 6.25. The first-order chi connectivity index (χ1) is 12.3. The van der Waals surface area contributed by atoms with Crippen LogP contribution in [-0.4, -0.2) is 60.2 Å². The number of aliphatic hydroxyl groups is 1. The molecule has 2 aromatic rings. The summed E-state index contributed by atoms with van der Waals surface area (Å²) in [5.41, 5.74) is 0.845. The SMILES string of the molecule is CCNC(=NCC(O)c1ccncc1)N1CCN(c2cccs2)CC1. The maximum absolute atomic E-state index is 10.3. The minimum Gasteiger partial charge on any atom is -0.386 e. The number of hydrogen-bond donors (Lipinski definition) is 2. The van der Waals surface area contributed by atoms with Crippen LogP contribution in [0.5, 0.6) is 0 Å². The molecule has 0 radical (unpaired) electrons. The number of aliphatic hydroxyl groups excluding tert-OH is 1. The zero-order valence-electron chi connectivity index (χ0n) is 14.5. The Balaban J connectivity index is 1.59. The van der Waals surface area contributed by atoms with E-state index in [0.717, 1.165) is 44.2 Å². The monoisotopic (exact) mass is 359 g/mol. The van der Waals surface area contributed by atoms with Gasteiger partial charge >= 0.3 is 0 Å². The molecule has 1 aliphatic heterocycles. The number of hydrogen-bond acceptors (Lipinski definition) is 5. The summed E-state index contributed by atoms with van der Waals surface area (Å²) in [4.78, 5) is 13.3. The molecule has 2 N–H and O–H groups in total. The van der Waals surface area contributed by atoms with E-state index >= 15 is 0 Å². The zero-order chi connectivity index (χ0) is 17.5. The van der Waals surface area contributed by atoms with Gasteiger partial charge in [0.15, 0.2) is 5.96 Å². The van der Waals surface area contributed by atoms with Gasteiger partial charge in [0.2, 0.25) is 0 Å². The fraction of sp³-hybridized carbons (Fsp3) is 0.444. The summed E-state index contributed by atoms with van der Waals surface area (Å²) >= 11 is 1.78. The van der Waals surface area contributed by atoms with Gasteiger partial charge in [0, 0.05) is 45.1 Å². The van der Waals surface area contributed by atoms with Crippen LogP contribution in [0.1, 0.15) is 18.6 Å². The normalized spacial score (nSPS) is 16.8. The van der Waals surface area contributed by atoms with Gasteiger partial charge < -0.3 is 20.2 Å². The van der Waals surface area contributed by atoms with E-state index in [1.165, 1.54) is 5.00 Å². The van der Waals surface area contributed by atoms with Crippen molar-refractivity contribution in [2.24, 2.45) is 4.99 Å². The average Bonchev–Trinajstić information content (AvgIpc) is 3.20. The summed E-state index contributed by atoms with van der Waals surface area (Å²) in [5.74, 6) is 0.876. The highest BCUT2D eigenvalue weighted by atomic mass is 32.1. The first-order valence-electron chi connectivity index (χ1n) is 8.67. The van der Waals surface area contributed by atoms with Crippen LogP contribution in [0.4, 0.5) is 5.00 Å². The fourth-order valence-corrected chi connectivity index (χ4v) is 3.66. The van der Waals surface area contributed by atoms with E-state index in [0.29, 0.717) is 6.54 Å². The Morgan fingerprint density at radius 3 is 2.68 bits per heavy atom. The number of rotatable bonds is 5. The number of thiophene rings is 1. The summed E-state index contributed by atoms with van der Waals surface area (Å²) in [6, 6.07) is 7.92. The quantitative estimate of drug-likeness (QED) is 0.631. The van der Waals surface area contributed by atoms with Crippen LogP contribution < -0.4 is 10.2 Å². The van der Waals surface area contributed by atoms with Crippen LogP contribution in [0.2, 0.25) is 0 Å². The van der Waals surface area contributed by atoms with E-state index < -0.39 is 6.10 Å². The van der Waals surface area contributed by atoms with Crippen molar-refractivity contribution in [3.63, 3.8) is 0 Å². The maximum Gasteiger partial charge on any atom is 0.194 e. The van der Waals surface area contributed by atoms with Crippen molar-refractivity contribution in [1.29, 1.82) is 0 Å². The lowest BCUT2D eigenvalue weighted by molar-refractivity contribution is 0.186. The molecule has 0 aromatic carbocycles. The highest BCUT2D eigenvalue weighted by Crippen LogP contribution is 2.22. The van der Waals surface area contributed by atoms with Crippen LogP contribution in [-0.2, 0) is 0 Å². The number of pyridine rings is 1. The molecule has 134 valence electrons. The molecule has 3 rings (SSSR count). The number of anilines is 1.